The molecule has 0 aliphatic heterocycles. The summed E-state index contributed by atoms with van der Waals surface area (Å²) in [5.74, 6) is -1.90. The van der Waals surface area contributed by atoms with Crippen molar-refractivity contribution in [1.29, 1.82) is 0 Å². The first-order valence-corrected chi connectivity index (χ1v) is 4.81. The highest BCUT2D eigenvalue weighted by Gasteiger charge is 1.99. The Morgan fingerprint density at radius 1 is 1.00 bits per heavy atom. The van der Waals surface area contributed by atoms with Gasteiger partial charge in [-0.1, -0.05) is 0 Å². The van der Waals surface area contributed by atoms with Gasteiger partial charge in [0.2, 0.25) is 0 Å². The number of carboxylic acids is 2. The van der Waals surface area contributed by atoms with Crippen LogP contribution >= 0.6 is 0 Å². The van der Waals surface area contributed by atoms with Gasteiger partial charge in [0.15, 0.2) is 0 Å². The minimum absolute atomic E-state index is 0.0632. The van der Waals surface area contributed by atoms with Crippen molar-refractivity contribution in [2.24, 2.45) is 0 Å². The van der Waals surface area contributed by atoms with Gasteiger partial charge in [-0.15, -0.1) is 0 Å². The van der Waals surface area contributed by atoms with Crippen LogP contribution in [-0.2, 0) is 9.59 Å². The maximum Gasteiger partial charge on any atom is 0.303 e. The van der Waals surface area contributed by atoms with Gasteiger partial charge in [-0.2, -0.15) is 0 Å². The van der Waals surface area contributed by atoms with E-state index in [1.807, 2.05) is 0 Å². The molecule has 0 aliphatic rings. The number of rotatable bonds is 6. The van der Waals surface area contributed by atoms with E-state index in [-0.39, 0.29) is 19.3 Å². The summed E-state index contributed by atoms with van der Waals surface area (Å²) in [6.45, 7) is 3.10. The van der Waals surface area contributed by atoms with Crippen molar-refractivity contribution in [3.8, 4) is 0 Å². The number of aliphatic hydroxyl groups is 2. The van der Waals surface area contributed by atoms with E-state index >= 15 is 0 Å². The highest BCUT2D eigenvalue weighted by atomic mass is 16.4. The van der Waals surface area contributed by atoms with Crippen LogP contribution in [0.1, 0.15) is 33.1 Å². The van der Waals surface area contributed by atoms with Crippen LogP contribution < -0.4 is 5.32 Å². The normalized spacial score (nSPS) is 13.2. The smallest absolute Gasteiger partial charge is 0.303 e. The Labute approximate surface area is 93.7 Å². The first-order valence-electron chi connectivity index (χ1n) is 4.81. The number of aliphatic carboxylic acids is 2. The summed E-state index contributed by atoms with van der Waals surface area (Å²) in [5.41, 5.74) is 0. The van der Waals surface area contributed by atoms with Gasteiger partial charge in [0.05, 0.1) is 0 Å². The third-order valence-electron chi connectivity index (χ3n) is 1.26. The topological polar surface area (TPSA) is 127 Å². The average Bonchev–Trinajstić information content (AvgIpc) is 2.00. The molecule has 7 nitrogen and oxygen atoms in total. The molecule has 0 radical (unpaired) electrons. The van der Waals surface area contributed by atoms with Gasteiger partial charge >= 0.3 is 11.9 Å². The van der Waals surface area contributed by atoms with Gasteiger partial charge in [0.25, 0.3) is 0 Å². The van der Waals surface area contributed by atoms with Gasteiger partial charge in [-0.05, 0) is 20.3 Å². The van der Waals surface area contributed by atoms with Crippen LogP contribution in [-0.4, -0.2) is 44.8 Å². The van der Waals surface area contributed by atoms with Crippen molar-refractivity contribution in [3.63, 3.8) is 0 Å². The number of hydrogen-bond acceptors (Lipinski definition) is 5. The minimum Gasteiger partial charge on any atom is -0.481 e. The average molecular weight is 237 g/mol. The van der Waals surface area contributed by atoms with E-state index in [0.717, 1.165) is 0 Å². The first-order chi connectivity index (χ1) is 7.25. The van der Waals surface area contributed by atoms with Gasteiger partial charge in [0, 0.05) is 12.8 Å². The quantitative estimate of drug-likeness (QED) is 0.397. The molecule has 0 saturated carbocycles. The molecule has 0 fully saturated rings. The van der Waals surface area contributed by atoms with Crippen LogP contribution in [0.2, 0.25) is 0 Å². The molecule has 0 aliphatic carbocycles. The molecule has 96 valence electrons. The Kier molecular flexibility index (Phi) is 11.1. The number of hydrogen-bond donors (Lipinski definition) is 5. The van der Waals surface area contributed by atoms with Crippen molar-refractivity contribution in [2.45, 2.75) is 45.6 Å². The second-order valence-corrected chi connectivity index (χ2v) is 3.16. The minimum atomic E-state index is -0.948. The van der Waals surface area contributed by atoms with E-state index < -0.39 is 24.4 Å². The van der Waals surface area contributed by atoms with Crippen LogP contribution in [0.15, 0.2) is 0 Å². The second kappa shape index (κ2) is 10.3. The lowest BCUT2D eigenvalue weighted by molar-refractivity contribution is -0.138. The molecule has 0 rings (SSSR count). The van der Waals surface area contributed by atoms with E-state index in [9.17, 15) is 9.59 Å². The lowest BCUT2D eigenvalue weighted by Gasteiger charge is -2.08. The summed E-state index contributed by atoms with van der Waals surface area (Å²) in [7, 11) is 0. The predicted molar refractivity (Wildman–Crippen MR) is 55.6 cm³/mol. The monoisotopic (exact) mass is 237 g/mol. The van der Waals surface area contributed by atoms with Crippen LogP contribution in [0.5, 0.6) is 0 Å². The molecule has 2 atom stereocenters. The highest BCUT2D eigenvalue weighted by Crippen LogP contribution is 1.93. The van der Waals surface area contributed by atoms with Crippen molar-refractivity contribution in [2.75, 3.05) is 0 Å². The molecule has 0 aromatic rings. The van der Waals surface area contributed by atoms with Gasteiger partial charge in [-0.3, -0.25) is 14.9 Å². The summed E-state index contributed by atoms with van der Waals surface area (Å²) < 4.78 is 0. The van der Waals surface area contributed by atoms with Crippen molar-refractivity contribution in [3.05, 3.63) is 0 Å². The number of carboxylic acid groups (broad SMARTS) is 2. The third kappa shape index (κ3) is 23.0. The van der Waals surface area contributed by atoms with Gasteiger partial charge < -0.3 is 20.4 Å². The van der Waals surface area contributed by atoms with Gasteiger partial charge in [0.1, 0.15) is 12.5 Å². The summed E-state index contributed by atoms with van der Waals surface area (Å²) >= 11 is 0. The van der Waals surface area contributed by atoms with Crippen LogP contribution in [0.3, 0.4) is 0 Å². The third-order valence-corrected chi connectivity index (χ3v) is 1.26. The molecule has 0 aromatic carbocycles. The molecule has 0 amide bonds. The predicted octanol–water partition coefficient (Wildman–Crippen LogP) is -0.421. The van der Waals surface area contributed by atoms with E-state index in [1.54, 1.807) is 13.8 Å². The lowest BCUT2D eigenvalue weighted by Crippen LogP contribution is -2.33. The van der Waals surface area contributed by atoms with Crippen LogP contribution in [0, 0.1) is 0 Å². The number of carbonyl (C=O) groups is 2. The molecule has 7 heteroatoms. The maximum absolute atomic E-state index is 9.79. The zero-order valence-corrected chi connectivity index (χ0v) is 9.38. The zero-order chi connectivity index (χ0) is 13.1. The Morgan fingerprint density at radius 2 is 1.31 bits per heavy atom. The second-order valence-electron chi connectivity index (χ2n) is 3.16. The largest absolute Gasteiger partial charge is 0.481 e. The molecular weight excluding hydrogens is 218 g/mol. The molecule has 2 unspecified atom stereocenters. The Bertz CT molecular complexity index is 184. The van der Waals surface area contributed by atoms with E-state index in [2.05, 4.69) is 5.32 Å². The molecule has 0 heterocycles. The Hall–Kier alpha value is -1.18. The molecule has 0 bridgehead atoms. The summed E-state index contributed by atoms with van der Waals surface area (Å²) in [6.07, 6.45) is -1.16. The van der Waals surface area contributed by atoms with Gasteiger partial charge in [-0.25, -0.2) is 0 Å². The van der Waals surface area contributed by atoms with E-state index in [0.29, 0.717) is 0 Å². The highest BCUT2D eigenvalue weighted by molar-refractivity contribution is 5.69. The SMILES string of the molecule is CC(O)NC(C)O.O=C(O)CCCC(=O)O. The van der Waals surface area contributed by atoms with Crippen molar-refractivity contribution >= 4 is 11.9 Å². The van der Waals surface area contributed by atoms with E-state index in [4.69, 9.17) is 20.4 Å². The zero-order valence-electron chi connectivity index (χ0n) is 9.38. The number of aliphatic hydroxyl groups excluding tert-OH is 2. The summed E-state index contributed by atoms with van der Waals surface area (Å²) in [5, 5.41) is 35.4. The summed E-state index contributed by atoms with van der Waals surface area (Å²) in [6, 6.07) is 0. The Balaban J connectivity index is 0. The fraction of sp³-hybridized carbons (Fsp3) is 0.778. The standard InChI is InChI=1S/C5H8O4.C4H11NO2/c6-4(7)2-1-3-5(8)9;1-3(6)5-4(2)7/h1-3H2,(H,6,7)(H,8,9);3-7H,1-2H3. The molecule has 5 N–H and O–H groups in total. The first kappa shape index (κ1) is 17.2. The van der Waals surface area contributed by atoms with E-state index in [1.165, 1.54) is 0 Å². The molecule has 0 aromatic heterocycles. The molecule has 16 heavy (non-hydrogen) atoms. The fourth-order valence-corrected chi connectivity index (χ4v) is 0.740. The fourth-order valence-electron chi connectivity index (χ4n) is 0.740. The molecular formula is C9H19NO6. The van der Waals surface area contributed by atoms with Crippen LogP contribution in [0.4, 0.5) is 0 Å². The van der Waals surface area contributed by atoms with Crippen molar-refractivity contribution < 1.29 is 30.0 Å². The van der Waals surface area contributed by atoms with Crippen molar-refractivity contribution in [1.82, 2.24) is 5.32 Å². The lowest BCUT2D eigenvalue weighted by atomic mass is 10.2. The number of nitrogens with one attached hydrogen (secondary N) is 1. The molecule has 0 spiro atoms. The molecule has 0 saturated heterocycles. The maximum atomic E-state index is 9.79. The summed E-state index contributed by atoms with van der Waals surface area (Å²) in [4.78, 5) is 19.6. The Morgan fingerprint density at radius 3 is 1.44 bits per heavy atom. The van der Waals surface area contributed by atoms with Crippen LogP contribution in [0.25, 0.3) is 0 Å².